The molecule has 0 atom stereocenters. The smallest absolute Gasteiger partial charge is 0.246 e. The van der Waals surface area contributed by atoms with Crippen LogP contribution in [0.25, 0.3) is 0 Å². The minimum atomic E-state index is -3.62. The van der Waals surface area contributed by atoms with Crippen LogP contribution in [-0.2, 0) is 14.8 Å². The Morgan fingerprint density at radius 2 is 1.91 bits per heavy atom. The molecule has 1 heterocycles. The lowest BCUT2D eigenvalue weighted by molar-refractivity contribution is -0.131. The van der Waals surface area contributed by atoms with Crippen LogP contribution in [0.3, 0.4) is 0 Å². The number of benzene rings is 1. The number of hydrogen-bond acceptors (Lipinski definition) is 4. The monoisotopic (exact) mass is 340 g/mol. The summed E-state index contributed by atoms with van der Waals surface area (Å²) < 4.78 is 32.4. The first-order valence-corrected chi connectivity index (χ1v) is 9.35. The molecule has 0 aliphatic carbocycles. The molecule has 0 N–H and O–H groups in total. The van der Waals surface area contributed by atoms with Gasteiger partial charge in [-0.3, -0.25) is 4.79 Å². The van der Waals surface area contributed by atoms with Crippen molar-refractivity contribution in [3.63, 3.8) is 0 Å². The fourth-order valence-electron chi connectivity index (χ4n) is 2.73. The SMILES string of the molecule is CCCC(=O)N1CCCN(S(=O)(=O)c2ccccc2OC)CC1. The van der Waals surface area contributed by atoms with Crippen molar-refractivity contribution < 1.29 is 17.9 Å². The second kappa shape index (κ2) is 7.79. The third-order valence-corrected chi connectivity index (χ3v) is 5.90. The number of amides is 1. The highest BCUT2D eigenvalue weighted by Gasteiger charge is 2.30. The minimum absolute atomic E-state index is 0.101. The molecule has 1 aromatic carbocycles. The van der Waals surface area contributed by atoms with Gasteiger partial charge in [-0.2, -0.15) is 4.31 Å². The van der Waals surface area contributed by atoms with Gasteiger partial charge in [-0.25, -0.2) is 8.42 Å². The first-order valence-electron chi connectivity index (χ1n) is 7.91. The van der Waals surface area contributed by atoms with Crippen LogP contribution in [-0.4, -0.2) is 56.8 Å². The maximum atomic E-state index is 12.9. The number of rotatable bonds is 5. The zero-order valence-corrected chi connectivity index (χ0v) is 14.5. The fraction of sp³-hybridized carbons (Fsp3) is 0.562. The van der Waals surface area contributed by atoms with E-state index in [0.717, 1.165) is 6.42 Å². The Balaban J connectivity index is 2.17. The summed E-state index contributed by atoms with van der Waals surface area (Å²) in [7, 11) is -2.16. The zero-order chi connectivity index (χ0) is 16.9. The van der Waals surface area contributed by atoms with Gasteiger partial charge in [0.15, 0.2) is 0 Å². The van der Waals surface area contributed by atoms with Crippen LogP contribution in [0.4, 0.5) is 0 Å². The quantitative estimate of drug-likeness (QED) is 0.818. The van der Waals surface area contributed by atoms with E-state index in [-0.39, 0.29) is 10.8 Å². The Morgan fingerprint density at radius 3 is 2.61 bits per heavy atom. The summed E-state index contributed by atoms with van der Waals surface area (Å²) in [4.78, 5) is 14.0. The molecule has 1 fully saturated rings. The highest BCUT2D eigenvalue weighted by molar-refractivity contribution is 7.89. The Bertz CT molecular complexity index is 645. The molecule has 0 unspecified atom stereocenters. The number of sulfonamides is 1. The van der Waals surface area contributed by atoms with Crippen LogP contribution in [0.1, 0.15) is 26.2 Å². The van der Waals surface area contributed by atoms with Crippen LogP contribution in [0.2, 0.25) is 0 Å². The van der Waals surface area contributed by atoms with E-state index < -0.39 is 10.0 Å². The van der Waals surface area contributed by atoms with E-state index in [4.69, 9.17) is 4.74 Å². The molecule has 0 saturated carbocycles. The summed E-state index contributed by atoms with van der Waals surface area (Å²) >= 11 is 0. The summed E-state index contributed by atoms with van der Waals surface area (Å²) in [5.41, 5.74) is 0. The molecule has 1 aliphatic rings. The minimum Gasteiger partial charge on any atom is -0.495 e. The van der Waals surface area contributed by atoms with E-state index in [9.17, 15) is 13.2 Å². The van der Waals surface area contributed by atoms with E-state index >= 15 is 0 Å². The van der Waals surface area contributed by atoms with Gasteiger partial charge in [0.05, 0.1) is 7.11 Å². The van der Waals surface area contributed by atoms with Crippen molar-refractivity contribution in [3.05, 3.63) is 24.3 Å². The summed E-state index contributed by atoms with van der Waals surface area (Å²) in [6, 6.07) is 6.62. The Morgan fingerprint density at radius 1 is 1.17 bits per heavy atom. The van der Waals surface area contributed by atoms with Gasteiger partial charge in [0.25, 0.3) is 0 Å². The number of para-hydroxylation sites is 1. The van der Waals surface area contributed by atoms with E-state index in [1.807, 2.05) is 6.92 Å². The predicted octanol–water partition coefficient (Wildman–Crippen LogP) is 1.72. The summed E-state index contributed by atoms with van der Waals surface area (Å²) in [5, 5.41) is 0. The molecule has 0 radical (unpaired) electrons. The Hall–Kier alpha value is -1.60. The number of ether oxygens (including phenoxy) is 1. The molecule has 1 aromatic rings. The fourth-order valence-corrected chi connectivity index (χ4v) is 4.35. The van der Waals surface area contributed by atoms with Crippen LogP contribution in [0.5, 0.6) is 5.75 Å². The average molecular weight is 340 g/mol. The van der Waals surface area contributed by atoms with E-state index in [2.05, 4.69) is 0 Å². The molecule has 0 bridgehead atoms. The Kier molecular flexibility index (Phi) is 6.01. The second-order valence-electron chi connectivity index (χ2n) is 5.54. The zero-order valence-electron chi connectivity index (χ0n) is 13.7. The van der Waals surface area contributed by atoms with Crippen molar-refractivity contribution >= 4 is 15.9 Å². The summed E-state index contributed by atoms with van der Waals surface area (Å²) in [6.07, 6.45) is 1.96. The van der Waals surface area contributed by atoms with E-state index in [1.165, 1.54) is 11.4 Å². The third-order valence-electron chi connectivity index (χ3n) is 3.96. The number of carbonyl (C=O) groups excluding carboxylic acids is 1. The van der Waals surface area contributed by atoms with E-state index in [0.29, 0.717) is 44.8 Å². The van der Waals surface area contributed by atoms with Gasteiger partial charge in [0.2, 0.25) is 15.9 Å². The van der Waals surface area contributed by atoms with Gasteiger partial charge in [-0.1, -0.05) is 19.1 Å². The standard InChI is InChI=1S/C16H24N2O4S/c1-3-7-16(19)17-10-6-11-18(13-12-17)23(20,21)15-9-5-4-8-14(15)22-2/h4-5,8-9H,3,6-7,10-13H2,1-2H3. The van der Waals surface area contributed by atoms with Gasteiger partial charge in [0, 0.05) is 32.6 Å². The molecule has 0 spiro atoms. The van der Waals surface area contributed by atoms with Crippen LogP contribution in [0.15, 0.2) is 29.2 Å². The van der Waals surface area contributed by atoms with E-state index in [1.54, 1.807) is 29.2 Å². The molecule has 23 heavy (non-hydrogen) atoms. The topological polar surface area (TPSA) is 66.9 Å². The average Bonchev–Trinajstić information content (AvgIpc) is 2.81. The molecular weight excluding hydrogens is 316 g/mol. The van der Waals surface area contributed by atoms with Gasteiger partial charge < -0.3 is 9.64 Å². The molecule has 7 heteroatoms. The molecule has 1 amide bonds. The predicted molar refractivity (Wildman–Crippen MR) is 87.9 cm³/mol. The van der Waals surface area contributed by atoms with Crippen LogP contribution < -0.4 is 4.74 Å². The molecule has 1 aliphatic heterocycles. The number of carbonyl (C=O) groups is 1. The number of hydrogen-bond donors (Lipinski definition) is 0. The molecule has 6 nitrogen and oxygen atoms in total. The maximum Gasteiger partial charge on any atom is 0.246 e. The lowest BCUT2D eigenvalue weighted by Gasteiger charge is -2.22. The highest BCUT2D eigenvalue weighted by atomic mass is 32.2. The van der Waals surface area contributed by atoms with Gasteiger partial charge in [0.1, 0.15) is 10.6 Å². The number of methoxy groups -OCH3 is 1. The molecular formula is C16H24N2O4S. The van der Waals surface area contributed by atoms with Crippen molar-refractivity contribution in [1.82, 2.24) is 9.21 Å². The van der Waals surface area contributed by atoms with Crippen molar-refractivity contribution in [3.8, 4) is 5.75 Å². The molecule has 128 valence electrons. The lowest BCUT2D eigenvalue weighted by Crippen LogP contribution is -2.37. The number of nitrogens with zero attached hydrogens (tertiary/aromatic N) is 2. The molecule has 0 aromatic heterocycles. The van der Waals surface area contributed by atoms with Crippen molar-refractivity contribution in [2.45, 2.75) is 31.1 Å². The summed E-state index contributed by atoms with van der Waals surface area (Å²) in [6.45, 7) is 3.74. The van der Waals surface area contributed by atoms with Crippen molar-refractivity contribution in [1.29, 1.82) is 0 Å². The van der Waals surface area contributed by atoms with Gasteiger partial charge in [-0.05, 0) is 25.0 Å². The summed E-state index contributed by atoms with van der Waals surface area (Å²) in [5.74, 6) is 0.444. The molecule has 2 rings (SSSR count). The third kappa shape index (κ3) is 4.03. The second-order valence-corrected chi connectivity index (χ2v) is 7.45. The first-order chi connectivity index (χ1) is 11.0. The van der Waals surface area contributed by atoms with Crippen LogP contribution >= 0.6 is 0 Å². The maximum absolute atomic E-state index is 12.9. The lowest BCUT2D eigenvalue weighted by atomic mass is 10.3. The van der Waals surface area contributed by atoms with Crippen LogP contribution in [0, 0.1) is 0 Å². The first kappa shape index (κ1) is 17.7. The normalized spacial score (nSPS) is 16.9. The highest BCUT2D eigenvalue weighted by Crippen LogP contribution is 2.26. The van der Waals surface area contributed by atoms with Crippen molar-refractivity contribution in [2.24, 2.45) is 0 Å². The largest absolute Gasteiger partial charge is 0.495 e. The van der Waals surface area contributed by atoms with Gasteiger partial charge in [-0.15, -0.1) is 0 Å². The van der Waals surface area contributed by atoms with Gasteiger partial charge >= 0.3 is 0 Å². The Labute approximate surface area is 138 Å². The van der Waals surface area contributed by atoms with Crippen molar-refractivity contribution in [2.75, 3.05) is 33.3 Å². The molecule has 1 saturated heterocycles.